The number of pyridine rings is 2. The van der Waals surface area contributed by atoms with Gasteiger partial charge in [0.25, 0.3) is 5.91 Å². The van der Waals surface area contributed by atoms with Crippen molar-refractivity contribution in [3.05, 3.63) is 77.7 Å². The fraction of sp³-hybridized carbons (Fsp3) is 0.452. The van der Waals surface area contributed by atoms with Crippen LogP contribution in [0.4, 0.5) is 13.2 Å². The largest absolute Gasteiger partial charge is 0.484 e. The summed E-state index contributed by atoms with van der Waals surface area (Å²) in [7, 11) is -2.24. The van der Waals surface area contributed by atoms with Crippen molar-refractivity contribution in [1.82, 2.24) is 23.9 Å². The molecular weight excluding hydrogens is 627 g/mol. The molecule has 1 aromatic carbocycles. The Bertz CT molecular complexity index is 1580. The number of alkyl halides is 3. The Balaban J connectivity index is 1.19. The quantitative estimate of drug-likeness (QED) is 0.320. The first kappa shape index (κ1) is 33.6. The molecule has 0 aliphatic carbocycles. The average molecular weight is 664 g/mol. The van der Waals surface area contributed by atoms with Crippen LogP contribution in [0.1, 0.15) is 60.3 Å². The zero-order valence-corrected chi connectivity index (χ0v) is 26.3. The molecule has 2 fully saturated rings. The van der Waals surface area contributed by atoms with Crippen LogP contribution in [-0.2, 0) is 21.1 Å². The highest BCUT2D eigenvalue weighted by molar-refractivity contribution is 7.87. The number of carbonyl (C=O) groups excluding carboxylic acids is 1. The molecule has 2 aliphatic heterocycles. The van der Waals surface area contributed by atoms with E-state index in [1.165, 1.54) is 13.1 Å². The minimum absolute atomic E-state index is 0.0899. The van der Waals surface area contributed by atoms with Gasteiger partial charge in [0, 0.05) is 44.0 Å². The van der Waals surface area contributed by atoms with Crippen molar-refractivity contribution in [2.24, 2.45) is 0 Å². The number of benzene rings is 1. The zero-order valence-electron chi connectivity index (χ0n) is 25.4. The molecule has 0 saturated carbocycles. The molecule has 46 heavy (non-hydrogen) atoms. The molecule has 1 amide bonds. The Kier molecular flexibility index (Phi) is 10.5. The van der Waals surface area contributed by atoms with Gasteiger partial charge in [-0.05, 0) is 76.1 Å². The van der Waals surface area contributed by atoms with E-state index in [0.717, 1.165) is 42.4 Å². The van der Waals surface area contributed by atoms with E-state index in [4.69, 9.17) is 14.2 Å². The van der Waals surface area contributed by atoms with Gasteiger partial charge in [0.05, 0.1) is 29.7 Å². The van der Waals surface area contributed by atoms with E-state index in [2.05, 4.69) is 21.9 Å². The molecule has 3 aromatic rings. The van der Waals surface area contributed by atoms with Gasteiger partial charge in [0.1, 0.15) is 17.6 Å². The maximum absolute atomic E-state index is 14.1. The molecule has 15 heteroatoms. The van der Waals surface area contributed by atoms with Crippen molar-refractivity contribution in [3.8, 4) is 17.4 Å². The Morgan fingerprint density at radius 2 is 1.67 bits per heavy atom. The van der Waals surface area contributed by atoms with Crippen molar-refractivity contribution < 1.29 is 40.6 Å². The van der Waals surface area contributed by atoms with E-state index in [1.54, 1.807) is 36.5 Å². The lowest BCUT2D eigenvalue weighted by Gasteiger charge is -2.35. The molecule has 4 heterocycles. The second-order valence-corrected chi connectivity index (χ2v) is 13.0. The van der Waals surface area contributed by atoms with Crippen LogP contribution < -0.4 is 14.2 Å². The highest BCUT2D eigenvalue weighted by Gasteiger charge is 2.37. The molecule has 248 valence electrons. The van der Waals surface area contributed by atoms with E-state index in [1.807, 2.05) is 4.72 Å². The SMILES string of the molecule is C[C@@H](Oc1ccc(C(=O)NS(=O)(=O)N2CCC(OC3CCN(C)CC3)CC2)cc1C(F)(F)F)c1ccc(Oc2ccccn2)cn1. The number of ether oxygens (including phenoxy) is 3. The Labute approximate surface area is 265 Å². The summed E-state index contributed by atoms with van der Waals surface area (Å²) in [5, 5.41) is 0. The van der Waals surface area contributed by atoms with Crippen molar-refractivity contribution >= 4 is 16.1 Å². The molecule has 2 aromatic heterocycles. The van der Waals surface area contributed by atoms with Crippen molar-refractivity contribution in [2.75, 3.05) is 33.2 Å². The van der Waals surface area contributed by atoms with E-state index < -0.39 is 45.3 Å². The molecular formula is C31H36F3N5O6S. The van der Waals surface area contributed by atoms with Gasteiger partial charge in [-0.25, -0.2) is 9.71 Å². The lowest BCUT2D eigenvalue weighted by molar-refractivity contribution is -0.139. The summed E-state index contributed by atoms with van der Waals surface area (Å²) in [5.41, 5.74) is -1.38. The maximum atomic E-state index is 14.1. The fourth-order valence-corrected chi connectivity index (χ4v) is 6.48. The number of nitrogens with one attached hydrogen (secondary N) is 1. The third kappa shape index (κ3) is 8.72. The van der Waals surface area contributed by atoms with E-state index >= 15 is 0 Å². The summed E-state index contributed by atoms with van der Waals surface area (Å²) < 4.78 is 88.5. The summed E-state index contributed by atoms with van der Waals surface area (Å²) in [6.07, 6.45) is -0.0462. The third-order valence-electron chi connectivity index (χ3n) is 7.90. The van der Waals surface area contributed by atoms with Crippen LogP contribution >= 0.6 is 0 Å². The number of rotatable bonds is 10. The van der Waals surface area contributed by atoms with Gasteiger partial charge in [-0.3, -0.25) is 9.78 Å². The number of carbonyl (C=O) groups is 1. The average Bonchev–Trinajstić information content (AvgIpc) is 3.03. The number of likely N-dealkylation sites (tertiary alicyclic amines) is 1. The predicted octanol–water partition coefficient (Wildman–Crippen LogP) is 4.98. The number of hydrogen-bond donors (Lipinski definition) is 1. The first-order valence-corrected chi connectivity index (χ1v) is 16.4. The topological polar surface area (TPSA) is 123 Å². The van der Waals surface area contributed by atoms with Crippen LogP contribution in [0, 0.1) is 0 Å². The van der Waals surface area contributed by atoms with Gasteiger partial charge in [0.15, 0.2) is 0 Å². The van der Waals surface area contributed by atoms with Gasteiger partial charge in [-0.1, -0.05) is 6.07 Å². The molecule has 1 N–H and O–H groups in total. The van der Waals surface area contributed by atoms with Crippen LogP contribution in [-0.4, -0.2) is 78.9 Å². The van der Waals surface area contributed by atoms with Crippen LogP contribution in [0.3, 0.4) is 0 Å². The first-order valence-electron chi connectivity index (χ1n) is 15.0. The number of hydrogen-bond acceptors (Lipinski definition) is 9. The van der Waals surface area contributed by atoms with Crippen LogP contribution in [0.5, 0.6) is 17.4 Å². The molecule has 11 nitrogen and oxygen atoms in total. The number of aromatic nitrogens is 2. The van der Waals surface area contributed by atoms with Crippen molar-refractivity contribution in [2.45, 2.75) is 57.1 Å². The maximum Gasteiger partial charge on any atom is 0.419 e. The summed E-state index contributed by atoms with van der Waals surface area (Å²) in [5.74, 6) is -0.992. The second kappa shape index (κ2) is 14.3. The van der Waals surface area contributed by atoms with Gasteiger partial charge in [-0.2, -0.15) is 25.9 Å². The summed E-state index contributed by atoms with van der Waals surface area (Å²) in [4.78, 5) is 23.4. The van der Waals surface area contributed by atoms with Crippen LogP contribution in [0.2, 0.25) is 0 Å². The Morgan fingerprint density at radius 1 is 0.978 bits per heavy atom. The molecule has 0 unspecified atom stereocenters. The van der Waals surface area contributed by atoms with Gasteiger partial charge in [-0.15, -0.1) is 0 Å². The third-order valence-corrected chi connectivity index (χ3v) is 9.39. The van der Waals surface area contributed by atoms with E-state index in [0.29, 0.717) is 36.2 Å². The first-order chi connectivity index (χ1) is 21.9. The molecule has 0 bridgehead atoms. The Morgan fingerprint density at radius 3 is 2.28 bits per heavy atom. The molecule has 0 radical (unpaired) electrons. The van der Waals surface area contributed by atoms with Crippen molar-refractivity contribution in [1.29, 1.82) is 0 Å². The van der Waals surface area contributed by atoms with Gasteiger partial charge < -0.3 is 19.1 Å². The summed E-state index contributed by atoms with van der Waals surface area (Å²) in [6, 6.07) is 10.9. The highest BCUT2D eigenvalue weighted by atomic mass is 32.2. The lowest BCUT2D eigenvalue weighted by Crippen LogP contribution is -2.48. The number of piperidine rings is 2. The normalized spacial score (nSPS) is 18.2. The summed E-state index contributed by atoms with van der Waals surface area (Å²) >= 11 is 0. The standard InChI is InChI=1S/C31H36F3N5O6S/c1-21(27-8-7-25(20-36-27)45-29-5-3-4-14-35-29)43-28-9-6-22(19-26(28)31(32,33)34)30(40)37-46(41,42)39-17-12-24(13-18-39)44-23-10-15-38(2)16-11-23/h3-9,14,19-21,23-24H,10-13,15-18H2,1-2H3,(H,37,40)/t21-/m1/s1. The molecule has 2 aliphatic rings. The zero-order chi connectivity index (χ0) is 32.9. The van der Waals surface area contributed by atoms with E-state index in [9.17, 15) is 26.4 Å². The smallest absolute Gasteiger partial charge is 0.419 e. The molecule has 5 rings (SSSR count). The highest BCUT2D eigenvalue weighted by Crippen LogP contribution is 2.38. The number of nitrogens with zero attached hydrogens (tertiary/aromatic N) is 4. The van der Waals surface area contributed by atoms with Crippen LogP contribution in [0.25, 0.3) is 0 Å². The van der Waals surface area contributed by atoms with Crippen molar-refractivity contribution in [3.63, 3.8) is 0 Å². The summed E-state index contributed by atoms with van der Waals surface area (Å²) in [6.45, 7) is 3.67. The van der Waals surface area contributed by atoms with Gasteiger partial charge >= 0.3 is 16.4 Å². The monoisotopic (exact) mass is 663 g/mol. The Hall–Kier alpha value is -3.79. The van der Waals surface area contributed by atoms with Crippen LogP contribution in [0.15, 0.2) is 60.9 Å². The fourth-order valence-electron chi connectivity index (χ4n) is 5.31. The molecule has 1 atom stereocenters. The number of amides is 1. The predicted molar refractivity (Wildman–Crippen MR) is 162 cm³/mol. The minimum Gasteiger partial charge on any atom is -0.484 e. The van der Waals surface area contributed by atoms with Gasteiger partial charge in [0.2, 0.25) is 5.88 Å². The molecule has 2 saturated heterocycles. The lowest BCUT2D eigenvalue weighted by atomic mass is 10.1. The number of halogens is 3. The second-order valence-electron chi connectivity index (χ2n) is 11.3. The molecule has 0 spiro atoms. The van der Waals surface area contributed by atoms with E-state index in [-0.39, 0.29) is 25.3 Å². The minimum atomic E-state index is -4.90.